The minimum atomic E-state index is -0.907. The average molecular weight is 273 g/mol. The third-order valence-corrected chi connectivity index (χ3v) is 4.08. The van der Waals surface area contributed by atoms with Crippen LogP contribution in [0.25, 0.3) is 5.65 Å². The zero-order valence-corrected chi connectivity index (χ0v) is 11.6. The number of fused-ring (bicyclic) bond motifs is 1. The highest BCUT2D eigenvalue weighted by Gasteiger charge is 2.24. The van der Waals surface area contributed by atoms with E-state index in [9.17, 15) is 4.79 Å². The number of aromatic carboxylic acids is 1. The third-order valence-electron chi connectivity index (χ3n) is 4.08. The van der Waals surface area contributed by atoms with Gasteiger partial charge in [-0.25, -0.2) is 9.78 Å². The monoisotopic (exact) mass is 273 g/mol. The second kappa shape index (κ2) is 5.25. The Balaban J connectivity index is 1.97. The van der Waals surface area contributed by atoms with Crippen molar-refractivity contribution in [1.29, 1.82) is 0 Å². The van der Waals surface area contributed by atoms with Gasteiger partial charge in [-0.15, -0.1) is 0 Å². The van der Waals surface area contributed by atoms with Crippen molar-refractivity contribution in [3.63, 3.8) is 0 Å². The van der Waals surface area contributed by atoms with Gasteiger partial charge in [0.15, 0.2) is 0 Å². The molecule has 1 N–H and O–H groups in total. The van der Waals surface area contributed by atoms with Crippen LogP contribution in [0.15, 0.2) is 24.5 Å². The molecule has 20 heavy (non-hydrogen) atoms. The predicted molar refractivity (Wildman–Crippen MR) is 76.0 cm³/mol. The Morgan fingerprint density at radius 3 is 3.00 bits per heavy atom. The summed E-state index contributed by atoms with van der Waals surface area (Å²) in [6, 6.07) is 3.74. The fourth-order valence-electron chi connectivity index (χ4n) is 3.00. The van der Waals surface area contributed by atoms with Gasteiger partial charge >= 0.3 is 5.97 Å². The first kappa shape index (κ1) is 13.1. The molecule has 0 spiro atoms. The van der Waals surface area contributed by atoms with Crippen molar-refractivity contribution >= 4 is 11.6 Å². The van der Waals surface area contributed by atoms with Crippen molar-refractivity contribution in [2.45, 2.75) is 32.2 Å². The molecule has 1 unspecified atom stereocenters. The van der Waals surface area contributed by atoms with Gasteiger partial charge in [0.25, 0.3) is 0 Å². The molecule has 1 aliphatic heterocycles. The first-order chi connectivity index (χ1) is 9.69. The van der Waals surface area contributed by atoms with E-state index in [0.29, 0.717) is 6.04 Å². The van der Waals surface area contributed by atoms with Crippen molar-refractivity contribution in [2.24, 2.45) is 0 Å². The maximum atomic E-state index is 11.0. The highest BCUT2D eigenvalue weighted by atomic mass is 16.4. The van der Waals surface area contributed by atoms with E-state index >= 15 is 0 Å². The molecular weight excluding hydrogens is 254 g/mol. The van der Waals surface area contributed by atoms with Gasteiger partial charge in [0, 0.05) is 12.4 Å². The lowest BCUT2D eigenvalue weighted by Crippen LogP contribution is -2.33. The van der Waals surface area contributed by atoms with Crippen LogP contribution in [0.3, 0.4) is 0 Å². The fraction of sp³-hybridized carbons (Fsp3) is 0.467. The molecule has 5 heteroatoms. The fourth-order valence-corrected chi connectivity index (χ4v) is 3.00. The highest BCUT2D eigenvalue weighted by molar-refractivity contribution is 5.87. The molecule has 0 saturated carbocycles. The molecule has 5 nitrogen and oxygen atoms in total. The zero-order chi connectivity index (χ0) is 14.1. The number of aromatic nitrogens is 2. The molecule has 2 aromatic heterocycles. The van der Waals surface area contributed by atoms with Crippen LogP contribution < -0.4 is 0 Å². The van der Waals surface area contributed by atoms with Crippen LogP contribution in [0, 0.1) is 0 Å². The normalized spacial score (nSPS) is 20.4. The predicted octanol–water partition coefficient (Wildman–Crippen LogP) is 2.58. The van der Waals surface area contributed by atoms with E-state index in [1.54, 1.807) is 18.3 Å². The molecule has 1 fully saturated rings. The molecule has 0 bridgehead atoms. The van der Waals surface area contributed by atoms with E-state index in [1.807, 2.05) is 10.6 Å². The van der Waals surface area contributed by atoms with Crippen LogP contribution in [-0.2, 0) is 0 Å². The Labute approximate surface area is 117 Å². The van der Waals surface area contributed by atoms with E-state index in [2.05, 4.69) is 16.8 Å². The van der Waals surface area contributed by atoms with E-state index in [1.165, 1.54) is 12.8 Å². The van der Waals surface area contributed by atoms with Crippen LogP contribution in [-0.4, -0.2) is 38.4 Å². The van der Waals surface area contributed by atoms with E-state index < -0.39 is 5.97 Å². The molecule has 3 heterocycles. The molecule has 3 rings (SSSR count). The van der Waals surface area contributed by atoms with Gasteiger partial charge in [0.2, 0.25) is 0 Å². The summed E-state index contributed by atoms with van der Waals surface area (Å²) in [6.07, 6.45) is 7.22. The third kappa shape index (κ3) is 2.29. The van der Waals surface area contributed by atoms with Crippen LogP contribution in [0.2, 0.25) is 0 Å². The van der Waals surface area contributed by atoms with Crippen molar-refractivity contribution in [1.82, 2.24) is 14.3 Å². The summed E-state index contributed by atoms with van der Waals surface area (Å²) in [5.74, 6) is -0.907. The summed E-state index contributed by atoms with van der Waals surface area (Å²) in [7, 11) is 0. The SMILES string of the molecule is CCN1CCCCC1c1cn2cc(C(=O)O)ccc2n1. The van der Waals surface area contributed by atoms with Gasteiger partial charge in [-0.2, -0.15) is 0 Å². The van der Waals surface area contributed by atoms with E-state index in [0.717, 1.165) is 30.9 Å². The van der Waals surface area contributed by atoms with Crippen LogP contribution in [0.5, 0.6) is 0 Å². The van der Waals surface area contributed by atoms with Crippen molar-refractivity contribution in [3.8, 4) is 0 Å². The molecule has 1 aliphatic rings. The molecule has 0 aliphatic carbocycles. The number of rotatable bonds is 3. The van der Waals surface area contributed by atoms with E-state index in [4.69, 9.17) is 5.11 Å². The number of pyridine rings is 1. The Hall–Kier alpha value is -1.88. The van der Waals surface area contributed by atoms with Gasteiger partial charge in [-0.3, -0.25) is 4.90 Å². The number of hydrogen-bond acceptors (Lipinski definition) is 3. The summed E-state index contributed by atoms with van der Waals surface area (Å²) in [5.41, 5.74) is 2.15. The highest BCUT2D eigenvalue weighted by Crippen LogP contribution is 2.30. The maximum Gasteiger partial charge on any atom is 0.337 e. The number of imidazole rings is 1. The first-order valence-electron chi connectivity index (χ1n) is 7.15. The minimum Gasteiger partial charge on any atom is -0.478 e. The summed E-state index contributed by atoms with van der Waals surface area (Å²) >= 11 is 0. The number of piperidine rings is 1. The van der Waals surface area contributed by atoms with Crippen LogP contribution in [0.1, 0.15) is 48.3 Å². The lowest BCUT2D eigenvalue weighted by atomic mass is 10.00. The van der Waals surface area contributed by atoms with Gasteiger partial charge in [0.1, 0.15) is 5.65 Å². The van der Waals surface area contributed by atoms with Gasteiger partial charge in [-0.05, 0) is 38.1 Å². The summed E-state index contributed by atoms with van der Waals surface area (Å²) < 4.78 is 1.82. The number of nitrogens with zero attached hydrogens (tertiary/aromatic N) is 3. The molecule has 1 saturated heterocycles. The molecule has 0 amide bonds. The van der Waals surface area contributed by atoms with Crippen molar-refractivity contribution in [2.75, 3.05) is 13.1 Å². The number of carboxylic acid groups (broad SMARTS) is 1. The Morgan fingerprint density at radius 2 is 2.25 bits per heavy atom. The Kier molecular flexibility index (Phi) is 3.44. The molecule has 2 aromatic rings. The van der Waals surface area contributed by atoms with Crippen LogP contribution in [0.4, 0.5) is 0 Å². The lowest BCUT2D eigenvalue weighted by molar-refractivity contribution is 0.0696. The second-order valence-electron chi connectivity index (χ2n) is 5.29. The van der Waals surface area contributed by atoms with Crippen molar-refractivity contribution < 1.29 is 9.90 Å². The smallest absolute Gasteiger partial charge is 0.337 e. The standard InChI is InChI=1S/C15H19N3O2/c1-2-17-8-4-3-5-13(17)12-10-18-9-11(15(19)20)6-7-14(18)16-12/h6-7,9-10,13H,2-5,8H2,1H3,(H,19,20). The number of carboxylic acids is 1. The summed E-state index contributed by atoms with van der Waals surface area (Å²) in [6.45, 7) is 4.32. The van der Waals surface area contributed by atoms with Gasteiger partial charge < -0.3 is 9.51 Å². The van der Waals surface area contributed by atoms with Crippen molar-refractivity contribution in [3.05, 3.63) is 35.8 Å². The molecule has 0 aromatic carbocycles. The molecular formula is C15H19N3O2. The Morgan fingerprint density at radius 1 is 1.40 bits per heavy atom. The van der Waals surface area contributed by atoms with Crippen LogP contribution >= 0.6 is 0 Å². The first-order valence-corrected chi connectivity index (χ1v) is 7.15. The topological polar surface area (TPSA) is 57.8 Å². The number of likely N-dealkylation sites (tertiary alicyclic amines) is 1. The zero-order valence-electron chi connectivity index (χ0n) is 11.6. The quantitative estimate of drug-likeness (QED) is 0.933. The molecule has 106 valence electrons. The minimum absolute atomic E-state index is 0.289. The van der Waals surface area contributed by atoms with Gasteiger partial charge in [0.05, 0.1) is 17.3 Å². The van der Waals surface area contributed by atoms with E-state index in [-0.39, 0.29) is 5.56 Å². The number of hydrogen-bond donors (Lipinski definition) is 1. The Bertz CT molecular complexity index is 635. The summed E-state index contributed by atoms with van der Waals surface area (Å²) in [4.78, 5) is 18.1. The number of carbonyl (C=O) groups is 1. The molecule has 1 atom stereocenters. The maximum absolute atomic E-state index is 11.0. The average Bonchev–Trinajstić information content (AvgIpc) is 2.89. The van der Waals surface area contributed by atoms with Gasteiger partial charge in [-0.1, -0.05) is 13.3 Å². The largest absolute Gasteiger partial charge is 0.478 e. The lowest BCUT2D eigenvalue weighted by Gasteiger charge is -2.33. The second-order valence-corrected chi connectivity index (χ2v) is 5.29. The summed E-state index contributed by atoms with van der Waals surface area (Å²) in [5, 5.41) is 9.04. The molecule has 0 radical (unpaired) electrons.